The van der Waals surface area contributed by atoms with Crippen LogP contribution in [0.4, 0.5) is 18.9 Å². The lowest BCUT2D eigenvalue weighted by Gasteiger charge is -2.15. The fourth-order valence-corrected chi connectivity index (χ4v) is 2.60. The Morgan fingerprint density at radius 1 is 1.32 bits per heavy atom. The van der Waals surface area contributed by atoms with E-state index in [-0.39, 0.29) is 29.5 Å². The molecule has 0 radical (unpaired) electrons. The Balaban J connectivity index is 2.30. The number of aryl methyl sites for hydroxylation is 1. The molecule has 0 spiro atoms. The summed E-state index contributed by atoms with van der Waals surface area (Å²) in [4.78, 5) is 12.6. The molecule has 1 heterocycles. The highest BCUT2D eigenvalue weighted by atomic mass is 32.1. The molecule has 136 valence electrons. The van der Waals surface area contributed by atoms with Crippen LogP contribution in [0.5, 0.6) is 5.75 Å². The lowest BCUT2D eigenvalue weighted by molar-refractivity contribution is -0.137. The van der Waals surface area contributed by atoms with Gasteiger partial charge in [-0.1, -0.05) is 11.4 Å². The molecular formula is C15H16F3N3O3S. The van der Waals surface area contributed by atoms with Crippen LogP contribution < -0.4 is 10.1 Å². The van der Waals surface area contributed by atoms with Crippen molar-refractivity contribution in [2.75, 3.05) is 25.6 Å². The van der Waals surface area contributed by atoms with Crippen molar-refractivity contribution in [2.45, 2.75) is 19.5 Å². The van der Waals surface area contributed by atoms with Gasteiger partial charge in [-0.05, 0) is 36.2 Å². The summed E-state index contributed by atoms with van der Waals surface area (Å²) in [5.41, 5.74) is -0.484. The van der Waals surface area contributed by atoms with Gasteiger partial charge in [0.2, 0.25) is 0 Å². The zero-order valence-electron chi connectivity index (χ0n) is 13.5. The van der Waals surface area contributed by atoms with Gasteiger partial charge in [0.15, 0.2) is 0 Å². The van der Waals surface area contributed by atoms with E-state index in [0.717, 1.165) is 23.7 Å². The average Bonchev–Trinajstić information content (AvgIpc) is 3.04. The van der Waals surface area contributed by atoms with E-state index in [4.69, 9.17) is 9.47 Å². The molecule has 2 rings (SSSR count). The highest BCUT2D eigenvalue weighted by Crippen LogP contribution is 2.35. The average molecular weight is 375 g/mol. The number of nitrogens with zero attached hydrogens (tertiary/aromatic N) is 2. The molecular weight excluding hydrogens is 359 g/mol. The zero-order chi connectivity index (χ0) is 18.4. The molecule has 1 N–H and O–H groups in total. The first-order chi connectivity index (χ1) is 11.9. The predicted molar refractivity (Wildman–Crippen MR) is 86.1 cm³/mol. The van der Waals surface area contributed by atoms with Crippen molar-refractivity contribution >= 4 is 23.1 Å². The van der Waals surface area contributed by atoms with E-state index in [1.54, 1.807) is 6.92 Å². The normalized spacial score (nSPS) is 11.4. The molecule has 0 fully saturated rings. The van der Waals surface area contributed by atoms with Gasteiger partial charge in [-0.15, -0.1) is 5.10 Å². The summed E-state index contributed by atoms with van der Waals surface area (Å²) in [5.74, 6) is -0.461. The molecule has 0 bridgehead atoms. The quantitative estimate of drug-likeness (QED) is 0.751. The van der Waals surface area contributed by atoms with Crippen molar-refractivity contribution < 1.29 is 27.4 Å². The first kappa shape index (κ1) is 19.1. The first-order valence-electron chi connectivity index (χ1n) is 7.32. The van der Waals surface area contributed by atoms with Crippen molar-refractivity contribution in [3.8, 4) is 5.75 Å². The van der Waals surface area contributed by atoms with Crippen LogP contribution in [0, 0.1) is 0 Å². The Labute approximate surface area is 146 Å². The molecule has 0 aliphatic heterocycles. The maximum atomic E-state index is 12.9. The third-order valence-corrected chi connectivity index (χ3v) is 3.96. The van der Waals surface area contributed by atoms with Crippen LogP contribution in [0.3, 0.4) is 0 Å². The summed E-state index contributed by atoms with van der Waals surface area (Å²) in [6.07, 6.45) is -4.05. The second-order valence-corrected chi connectivity index (χ2v) is 5.66. The number of carbonyl (C=O) groups excluding carboxylic acids is 1. The van der Waals surface area contributed by atoms with Gasteiger partial charge in [-0.3, -0.25) is 4.79 Å². The number of rotatable bonds is 7. The Kier molecular flexibility index (Phi) is 6.32. The van der Waals surface area contributed by atoms with Crippen LogP contribution in [-0.4, -0.2) is 35.8 Å². The van der Waals surface area contributed by atoms with E-state index in [2.05, 4.69) is 14.9 Å². The SMILES string of the molecule is CCc1nnsc1C(=O)Nc1cc(C(F)(F)F)ccc1OCCOC. The number of benzene rings is 1. The second-order valence-electron chi connectivity index (χ2n) is 4.91. The van der Waals surface area contributed by atoms with Gasteiger partial charge < -0.3 is 14.8 Å². The lowest BCUT2D eigenvalue weighted by Crippen LogP contribution is -2.15. The van der Waals surface area contributed by atoms with Crippen LogP contribution in [-0.2, 0) is 17.3 Å². The van der Waals surface area contributed by atoms with E-state index in [1.807, 2.05) is 0 Å². The summed E-state index contributed by atoms with van der Waals surface area (Å²) in [7, 11) is 1.47. The molecule has 0 saturated heterocycles. The largest absolute Gasteiger partial charge is 0.489 e. The number of ether oxygens (including phenoxy) is 2. The topological polar surface area (TPSA) is 73.3 Å². The van der Waals surface area contributed by atoms with E-state index < -0.39 is 17.6 Å². The van der Waals surface area contributed by atoms with Gasteiger partial charge in [-0.25, -0.2) is 0 Å². The van der Waals surface area contributed by atoms with E-state index in [9.17, 15) is 18.0 Å². The molecule has 1 aromatic heterocycles. The molecule has 25 heavy (non-hydrogen) atoms. The zero-order valence-corrected chi connectivity index (χ0v) is 14.3. The minimum absolute atomic E-state index is 0.0774. The summed E-state index contributed by atoms with van der Waals surface area (Å²) in [6.45, 7) is 2.19. The van der Waals surface area contributed by atoms with Crippen molar-refractivity contribution in [3.63, 3.8) is 0 Å². The number of alkyl halides is 3. The van der Waals surface area contributed by atoms with Crippen LogP contribution in [0.1, 0.15) is 27.9 Å². The number of methoxy groups -OCH3 is 1. The van der Waals surface area contributed by atoms with Crippen molar-refractivity contribution in [2.24, 2.45) is 0 Å². The number of aromatic nitrogens is 2. The summed E-state index contributed by atoms with van der Waals surface area (Å²) in [5, 5.41) is 6.27. The van der Waals surface area contributed by atoms with Crippen LogP contribution in [0.15, 0.2) is 18.2 Å². The molecule has 0 atom stereocenters. The number of anilines is 1. The van der Waals surface area contributed by atoms with E-state index in [0.29, 0.717) is 12.1 Å². The molecule has 1 amide bonds. The fraction of sp³-hybridized carbons (Fsp3) is 0.400. The molecule has 0 aliphatic carbocycles. The number of hydrogen-bond donors (Lipinski definition) is 1. The van der Waals surface area contributed by atoms with Crippen LogP contribution in [0.2, 0.25) is 0 Å². The van der Waals surface area contributed by atoms with Gasteiger partial charge in [0.05, 0.1) is 23.6 Å². The minimum Gasteiger partial charge on any atom is -0.489 e. The molecule has 0 aliphatic rings. The number of hydrogen-bond acceptors (Lipinski definition) is 6. The predicted octanol–water partition coefficient (Wildman–Crippen LogP) is 3.40. The standard InChI is InChI=1S/C15H16F3N3O3S/c1-3-10-13(25-21-20-10)14(22)19-11-8-9(15(16,17)18)4-5-12(11)24-7-6-23-2/h4-5,8H,3,6-7H2,1-2H3,(H,19,22). The molecule has 2 aromatic rings. The fourth-order valence-electron chi connectivity index (χ4n) is 1.96. The molecule has 10 heteroatoms. The Morgan fingerprint density at radius 3 is 2.72 bits per heavy atom. The lowest BCUT2D eigenvalue weighted by atomic mass is 10.1. The van der Waals surface area contributed by atoms with Crippen molar-refractivity contribution in [3.05, 3.63) is 34.3 Å². The summed E-state index contributed by atoms with van der Waals surface area (Å²) < 4.78 is 52.8. The van der Waals surface area contributed by atoms with E-state index in [1.165, 1.54) is 13.2 Å². The third kappa shape index (κ3) is 4.89. The highest BCUT2D eigenvalue weighted by Gasteiger charge is 2.31. The number of amides is 1. The Morgan fingerprint density at radius 2 is 2.08 bits per heavy atom. The Bertz CT molecular complexity index is 734. The summed E-state index contributed by atoms with van der Waals surface area (Å²) >= 11 is 0.882. The van der Waals surface area contributed by atoms with Gasteiger partial charge in [0.1, 0.15) is 17.2 Å². The highest BCUT2D eigenvalue weighted by molar-refractivity contribution is 7.08. The first-order valence-corrected chi connectivity index (χ1v) is 8.09. The maximum Gasteiger partial charge on any atom is 0.416 e. The molecule has 6 nitrogen and oxygen atoms in total. The summed E-state index contributed by atoms with van der Waals surface area (Å²) in [6, 6.07) is 2.89. The minimum atomic E-state index is -4.54. The van der Waals surface area contributed by atoms with Crippen LogP contribution >= 0.6 is 11.5 Å². The molecule has 0 unspecified atom stereocenters. The monoisotopic (exact) mass is 375 g/mol. The number of carbonyl (C=O) groups is 1. The number of halogens is 3. The van der Waals surface area contributed by atoms with Gasteiger partial charge >= 0.3 is 6.18 Å². The molecule has 0 saturated carbocycles. The van der Waals surface area contributed by atoms with Crippen LogP contribution in [0.25, 0.3) is 0 Å². The second kappa shape index (κ2) is 8.26. The van der Waals surface area contributed by atoms with Gasteiger partial charge in [0, 0.05) is 7.11 Å². The smallest absolute Gasteiger partial charge is 0.416 e. The van der Waals surface area contributed by atoms with Gasteiger partial charge in [0.25, 0.3) is 5.91 Å². The van der Waals surface area contributed by atoms with E-state index >= 15 is 0 Å². The van der Waals surface area contributed by atoms with Crippen molar-refractivity contribution in [1.29, 1.82) is 0 Å². The van der Waals surface area contributed by atoms with Crippen molar-refractivity contribution in [1.82, 2.24) is 9.59 Å². The maximum absolute atomic E-state index is 12.9. The van der Waals surface area contributed by atoms with Gasteiger partial charge in [-0.2, -0.15) is 13.2 Å². The Hall–Kier alpha value is -2.20. The third-order valence-electron chi connectivity index (χ3n) is 3.20. The molecule has 1 aromatic carbocycles. The number of nitrogens with one attached hydrogen (secondary N) is 1.